The minimum atomic E-state index is -4.59. The highest BCUT2D eigenvalue weighted by Gasteiger charge is 2.23. The number of nitrogens with one attached hydrogen (secondary N) is 1. The van der Waals surface area contributed by atoms with Crippen LogP contribution >= 0.6 is 7.82 Å². The lowest BCUT2D eigenvalue weighted by atomic mass is 10.0. The molecule has 0 aromatic carbocycles. The van der Waals surface area contributed by atoms with Crippen molar-refractivity contribution in [3.05, 3.63) is 24.3 Å². The number of quaternary nitrogens is 1. The maximum absolute atomic E-state index is 12.9. The average molecular weight is 982 g/mol. The Morgan fingerprint density at radius 2 is 0.809 bits per heavy atom. The van der Waals surface area contributed by atoms with Crippen LogP contribution in [0.4, 0.5) is 0 Å². The summed E-state index contributed by atoms with van der Waals surface area (Å²) in [7, 11) is 1.27. The van der Waals surface area contributed by atoms with Gasteiger partial charge in [0.15, 0.2) is 0 Å². The molecule has 2 N–H and O–H groups in total. The van der Waals surface area contributed by atoms with E-state index < -0.39 is 20.0 Å². The molecule has 0 aliphatic carbocycles. The summed E-state index contributed by atoms with van der Waals surface area (Å²) in [6.45, 7) is 4.66. The summed E-state index contributed by atoms with van der Waals surface area (Å²) >= 11 is 0. The van der Waals surface area contributed by atoms with Gasteiger partial charge in [0.1, 0.15) is 13.2 Å². The van der Waals surface area contributed by atoms with Gasteiger partial charge in [-0.2, -0.15) is 0 Å². The van der Waals surface area contributed by atoms with Crippen LogP contribution in [0, 0.1) is 0 Å². The summed E-state index contributed by atoms with van der Waals surface area (Å²) < 4.78 is 23.3. The first-order valence-corrected chi connectivity index (χ1v) is 31.2. The molecule has 0 saturated carbocycles. The Kier molecular flexibility index (Phi) is 50.1. The third kappa shape index (κ3) is 52.8. The van der Waals surface area contributed by atoms with Crippen LogP contribution in [0.15, 0.2) is 24.3 Å². The van der Waals surface area contributed by atoms with E-state index in [-0.39, 0.29) is 19.1 Å². The van der Waals surface area contributed by atoms with Crippen molar-refractivity contribution in [2.75, 3.05) is 40.9 Å². The summed E-state index contributed by atoms with van der Waals surface area (Å²) in [5.74, 6) is -0.203. The number of amides is 1. The molecular formula is C59H117N2O6P. The molecule has 0 saturated heterocycles. The molecule has 0 aliphatic heterocycles. The summed E-state index contributed by atoms with van der Waals surface area (Å²) in [5, 5.41) is 13.9. The minimum Gasteiger partial charge on any atom is -0.756 e. The Labute approximate surface area is 424 Å². The molecule has 0 aromatic rings. The number of phosphoric ester groups is 1. The number of nitrogens with zero attached hydrogens (tertiary/aromatic N) is 1. The largest absolute Gasteiger partial charge is 0.756 e. The van der Waals surface area contributed by atoms with Crippen molar-refractivity contribution in [1.82, 2.24) is 5.32 Å². The minimum absolute atomic E-state index is 0.00112. The molecule has 0 fully saturated rings. The van der Waals surface area contributed by atoms with Crippen molar-refractivity contribution < 1.29 is 32.9 Å². The highest BCUT2D eigenvalue weighted by molar-refractivity contribution is 7.45. The molecule has 0 radical (unpaired) electrons. The molecule has 9 heteroatoms. The van der Waals surface area contributed by atoms with Gasteiger partial charge in [-0.25, -0.2) is 0 Å². The van der Waals surface area contributed by atoms with E-state index in [1.807, 2.05) is 27.2 Å². The first kappa shape index (κ1) is 67.0. The van der Waals surface area contributed by atoms with Crippen molar-refractivity contribution in [3.8, 4) is 0 Å². The molecule has 8 nitrogen and oxygen atoms in total. The lowest BCUT2D eigenvalue weighted by Gasteiger charge is -2.29. The van der Waals surface area contributed by atoms with Crippen LogP contribution in [0.5, 0.6) is 0 Å². The Morgan fingerprint density at radius 1 is 0.500 bits per heavy atom. The average Bonchev–Trinajstić information content (AvgIpc) is 3.30. The quantitative estimate of drug-likeness (QED) is 0.0272. The molecule has 3 unspecified atom stereocenters. The van der Waals surface area contributed by atoms with Gasteiger partial charge in [0.2, 0.25) is 5.91 Å². The summed E-state index contributed by atoms with van der Waals surface area (Å²) in [5.41, 5.74) is 0. The number of aliphatic hydroxyl groups excluding tert-OH is 1. The maximum atomic E-state index is 12.9. The normalized spacial score (nSPS) is 14.0. The second kappa shape index (κ2) is 50.9. The van der Waals surface area contributed by atoms with Crippen LogP contribution in [0.25, 0.3) is 0 Å². The van der Waals surface area contributed by atoms with E-state index in [2.05, 4.69) is 31.3 Å². The van der Waals surface area contributed by atoms with Crippen LogP contribution in [0.2, 0.25) is 0 Å². The number of rotatable bonds is 55. The van der Waals surface area contributed by atoms with Gasteiger partial charge in [-0.15, -0.1) is 0 Å². The van der Waals surface area contributed by atoms with E-state index in [0.29, 0.717) is 17.4 Å². The monoisotopic (exact) mass is 981 g/mol. The smallest absolute Gasteiger partial charge is 0.268 e. The molecular weight excluding hydrogens is 864 g/mol. The molecule has 404 valence electrons. The molecule has 68 heavy (non-hydrogen) atoms. The lowest BCUT2D eigenvalue weighted by Crippen LogP contribution is -2.45. The van der Waals surface area contributed by atoms with Gasteiger partial charge in [-0.05, 0) is 44.9 Å². The molecule has 0 heterocycles. The molecule has 3 atom stereocenters. The van der Waals surface area contributed by atoms with Gasteiger partial charge in [0, 0.05) is 6.42 Å². The van der Waals surface area contributed by atoms with Crippen LogP contribution in [-0.4, -0.2) is 68.5 Å². The third-order valence-electron chi connectivity index (χ3n) is 13.7. The molecule has 0 aliphatic rings. The van der Waals surface area contributed by atoms with Crippen molar-refractivity contribution in [3.63, 3.8) is 0 Å². The fourth-order valence-electron chi connectivity index (χ4n) is 8.97. The molecule has 0 spiro atoms. The topological polar surface area (TPSA) is 108 Å². The summed E-state index contributed by atoms with van der Waals surface area (Å²) in [4.78, 5) is 25.4. The first-order valence-electron chi connectivity index (χ1n) is 29.7. The Morgan fingerprint density at radius 3 is 1.15 bits per heavy atom. The fraction of sp³-hybridized carbons (Fsp3) is 0.915. The van der Waals surface area contributed by atoms with Gasteiger partial charge >= 0.3 is 0 Å². The zero-order chi connectivity index (χ0) is 49.9. The van der Waals surface area contributed by atoms with E-state index in [1.165, 1.54) is 225 Å². The zero-order valence-electron chi connectivity index (χ0n) is 46.1. The lowest BCUT2D eigenvalue weighted by molar-refractivity contribution is -0.870. The number of allylic oxidation sites excluding steroid dienone is 3. The standard InChI is InChI=1S/C59H117N2O6P/c1-6-8-10-12-14-16-18-20-22-23-24-25-26-27-28-29-30-31-32-33-34-35-36-37-38-39-40-42-44-46-48-50-52-58(62)57(56-67-68(64,65)66-55-54-61(3,4)5)60-59(63)53-51-49-47-45-43-41-21-19-17-15-13-11-9-7-2/h19,21,50,52,57-58,62H,6-18,20,22-49,51,53-56H2,1-5H3,(H-,60,63,64,65)/b21-19-,52-50+. The number of carbonyl (C=O) groups is 1. The highest BCUT2D eigenvalue weighted by Crippen LogP contribution is 2.38. The molecule has 0 rings (SSSR count). The second-order valence-corrected chi connectivity index (χ2v) is 23.1. The Hall–Kier alpha value is -1.02. The summed E-state index contributed by atoms with van der Waals surface area (Å²) in [6.07, 6.45) is 64.2. The SMILES string of the molecule is CCCCCCC/C=C\CCCCCCCC(=O)NC(COP(=O)([O-])OCC[N+](C)(C)C)C(O)/C=C/CCCCCCCCCCCCCCCCCCCCCCCCCCCCCCCC. The number of hydrogen-bond donors (Lipinski definition) is 2. The molecule has 0 bridgehead atoms. The third-order valence-corrected chi connectivity index (χ3v) is 14.6. The van der Waals surface area contributed by atoms with Crippen molar-refractivity contribution >= 4 is 13.7 Å². The maximum Gasteiger partial charge on any atom is 0.268 e. The van der Waals surface area contributed by atoms with Crippen molar-refractivity contribution in [2.24, 2.45) is 0 Å². The number of aliphatic hydroxyl groups is 1. The van der Waals surface area contributed by atoms with Crippen molar-refractivity contribution in [1.29, 1.82) is 0 Å². The number of carbonyl (C=O) groups excluding carboxylic acids is 1. The first-order chi connectivity index (χ1) is 33.0. The fourth-order valence-corrected chi connectivity index (χ4v) is 9.70. The van der Waals surface area contributed by atoms with Crippen LogP contribution in [0.1, 0.15) is 296 Å². The molecule has 1 amide bonds. The van der Waals surface area contributed by atoms with Crippen LogP contribution in [-0.2, 0) is 18.4 Å². The number of unbranched alkanes of at least 4 members (excludes halogenated alkanes) is 40. The van der Waals surface area contributed by atoms with Gasteiger partial charge in [0.25, 0.3) is 7.82 Å². The summed E-state index contributed by atoms with van der Waals surface area (Å²) in [6, 6.07) is -0.889. The van der Waals surface area contributed by atoms with E-state index >= 15 is 0 Å². The number of phosphoric acid groups is 1. The van der Waals surface area contributed by atoms with Gasteiger partial charge in [0.05, 0.1) is 39.9 Å². The van der Waals surface area contributed by atoms with Crippen molar-refractivity contribution in [2.45, 2.75) is 309 Å². The van der Waals surface area contributed by atoms with Crippen LogP contribution in [0.3, 0.4) is 0 Å². The Balaban J connectivity index is 4.05. The predicted molar refractivity (Wildman–Crippen MR) is 293 cm³/mol. The molecule has 0 aromatic heterocycles. The van der Waals surface area contributed by atoms with E-state index in [9.17, 15) is 19.4 Å². The van der Waals surface area contributed by atoms with Gasteiger partial charge in [-0.3, -0.25) is 9.36 Å². The highest BCUT2D eigenvalue weighted by atomic mass is 31.2. The van der Waals surface area contributed by atoms with Gasteiger partial charge < -0.3 is 28.8 Å². The Bertz CT molecular complexity index is 1160. The predicted octanol–water partition coefficient (Wildman–Crippen LogP) is 17.4. The zero-order valence-corrected chi connectivity index (χ0v) is 47.0. The van der Waals surface area contributed by atoms with E-state index in [1.54, 1.807) is 6.08 Å². The van der Waals surface area contributed by atoms with E-state index in [4.69, 9.17) is 9.05 Å². The number of hydrogen-bond acceptors (Lipinski definition) is 6. The number of likely N-dealkylation sites (N-methyl/N-ethyl adjacent to an activating group) is 1. The van der Waals surface area contributed by atoms with Gasteiger partial charge in [-0.1, -0.05) is 269 Å². The van der Waals surface area contributed by atoms with Crippen LogP contribution < -0.4 is 10.2 Å². The van der Waals surface area contributed by atoms with E-state index in [0.717, 1.165) is 51.4 Å². The second-order valence-electron chi connectivity index (χ2n) is 21.7.